The van der Waals surface area contributed by atoms with E-state index in [0.29, 0.717) is 17.1 Å². The fraction of sp³-hybridized carbons (Fsp3) is 0.278. The summed E-state index contributed by atoms with van der Waals surface area (Å²) >= 11 is 5.84. The monoisotopic (exact) mass is 314 g/mol. The molecule has 3 nitrogen and oxygen atoms in total. The molecular weight excluding hydrogens is 298 g/mol. The van der Waals surface area contributed by atoms with Crippen LogP contribution in [0.1, 0.15) is 16.8 Å². The maximum Gasteiger partial charge on any atom is 0.167 e. The van der Waals surface area contributed by atoms with Crippen LogP contribution in [0.5, 0.6) is 0 Å². The molecule has 4 heteroatoms. The lowest BCUT2D eigenvalue weighted by Crippen LogP contribution is -2.22. The van der Waals surface area contributed by atoms with Gasteiger partial charge in [0.1, 0.15) is 5.76 Å². The van der Waals surface area contributed by atoms with Crippen LogP contribution >= 0.6 is 11.6 Å². The number of carbonyl (C=O) groups is 1. The summed E-state index contributed by atoms with van der Waals surface area (Å²) in [4.78, 5) is 12.4. The minimum absolute atomic E-state index is 0.0133. The topological polar surface area (TPSA) is 40.4 Å². The fourth-order valence-electron chi connectivity index (χ4n) is 2.47. The van der Waals surface area contributed by atoms with Gasteiger partial charge in [0.05, 0.1) is 6.61 Å². The molecule has 2 atom stereocenters. The third kappa shape index (κ3) is 3.67. The van der Waals surface area contributed by atoms with Gasteiger partial charge in [-0.2, -0.15) is 0 Å². The predicted octanol–water partition coefficient (Wildman–Crippen LogP) is 4.31. The van der Waals surface area contributed by atoms with Crippen LogP contribution in [0.3, 0.4) is 0 Å². The molecular formula is C18H17ClNO2-. The number of Topliss-reactive ketones (excluding diaryl/α,β-unsaturated/α-hetero) is 1. The van der Waals surface area contributed by atoms with Crippen molar-refractivity contribution in [3.63, 3.8) is 0 Å². The van der Waals surface area contributed by atoms with Crippen molar-refractivity contribution in [2.45, 2.75) is 12.5 Å². The fourth-order valence-corrected chi connectivity index (χ4v) is 2.60. The molecule has 0 aliphatic carbocycles. The Morgan fingerprint density at radius 1 is 1.27 bits per heavy atom. The highest BCUT2D eigenvalue weighted by atomic mass is 35.5. The van der Waals surface area contributed by atoms with E-state index in [9.17, 15) is 4.79 Å². The van der Waals surface area contributed by atoms with Crippen molar-refractivity contribution >= 4 is 17.4 Å². The average molecular weight is 315 g/mol. The number of hydrogen-bond acceptors (Lipinski definition) is 2. The summed E-state index contributed by atoms with van der Waals surface area (Å²) in [5.41, 5.74) is 0.674. The molecule has 0 aromatic heterocycles. The van der Waals surface area contributed by atoms with Gasteiger partial charge in [0.25, 0.3) is 0 Å². The van der Waals surface area contributed by atoms with Crippen LogP contribution in [0.2, 0.25) is 5.02 Å². The van der Waals surface area contributed by atoms with E-state index in [-0.39, 0.29) is 17.7 Å². The van der Waals surface area contributed by atoms with Gasteiger partial charge < -0.3 is 10.1 Å². The van der Waals surface area contributed by atoms with E-state index in [1.165, 1.54) is 0 Å². The van der Waals surface area contributed by atoms with Gasteiger partial charge in [0.15, 0.2) is 5.78 Å². The van der Waals surface area contributed by atoms with Gasteiger partial charge >= 0.3 is 0 Å². The quantitative estimate of drug-likeness (QED) is 0.613. The number of ether oxygens (including phenoxy) is 1. The first kappa shape index (κ1) is 15.1. The summed E-state index contributed by atoms with van der Waals surface area (Å²) in [5, 5.41) is 5.17. The van der Waals surface area contributed by atoms with Crippen molar-refractivity contribution in [2.24, 2.45) is 5.92 Å². The zero-order chi connectivity index (χ0) is 15.4. The van der Waals surface area contributed by atoms with E-state index >= 15 is 0 Å². The number of halogens is 1. The van der Waals surface area contributed by atoms with Crippen LogP contribution < -0.4 is 0 Å². The van der Waals surface area contributed by atoms with Gasteiger partial charge in [-0.05, 0) is 36.4 Å². The second kappa shape index (κ2) is 6.95. The van der Waals surface area contributed by atoms with Gasteiger partial charge in [-0.3, -0.25) is 4.79 Å². The largest absolute Gasteiger partial charge is 0.652 e. The zero-order valence-corrected chi connectivity index (χ0v) is 12.9. The average Bonchev–Trinajstić information content (AvgIpc) is 3.07. The number of hydrogen-bond donors (Lipinski definition) is 0. The summed E-state index contributed by atoms with van der Waals surface area (Å²) in [7, 11) is 0. The SMILES string of the molecule is O=C(c1ccc(Cl)cc1)C1C=CC(/C=C/C2=CCCO2)[N-]C1. The van der Waals surface area contributed by atoms with Gasteiger partial charge in [-0.1, -0.05) is 29.8 Å². The van der Waals surface area contributed by atoms with Gasteiger partial charge in [0, 0.05) is 22.9 Å². The Morgan fingerprint density at radius 2 is 2.09 bits per heavy atom. The molecule has 0 saturated carbocycles. The smallest absolute Gasteiger partial charge is 0.167 e. The summed E-state index contributed by atoms with van der Waals surface area (Å²) < 4.78 is 5.41. The Bertz CT molecular complexity index is 631. The first-order valence-corrected chi connectivity index (χ1v) is 7.76. The van der Waals surface area contributed by atoms with Crippen LogP contribution in [-0.2, 0) is 4.74 Å². The van der Waals surface area contributed by atoms with Gasteiger partial charge in [-0.15, -0.1) is 12.6 Å². The third-order valence-corrected chi connectivity index (χ3v) is 3.96. The normalized spacial score (nSPS) is 24.3. The number of rotatable bonds is 4. The third-order valence-electron chi connectivity index (χ3n) is 3.71. The zero-order valence-electron chi connectivity index (χ0n) is 12.1. The van der Waals surface area contributed by atoms with Gasteiger partial charge in [-0.25, -0.2) is 0 Å². The highest BCUT2D eigenvalue weighted by Gasteiger charge is 2.16. The number of ketones is 1. The minimum Gasteiger partial charge on any atom is -0.652 e. The van der Waals surface area contributed by atoms with Crippen molar-refractivity contribution in [1.29, 1.82) is 0 Å². The highest BCUT2D eigenvalue weighted by molar-refractivity contribution is 6.30. The summed E-state index contributed by atoms with van der Waals surface area (Å²) in [5.74, 6) is 0.802. The van der Waals surface area contributed by atoms with Crippen molar-refractivity contribution in [3.8, 4) is 0 Å². The molecule has 114 valence electrons. The molecule has 2 unspecified atom stereocenters. The molecule has 1 aromatic carbocycles. The van der Waals surface area contributed by atoms with Crippen molar-refractivity contribution in [3.05, 3.63) is 76.3 Å². The number of allylic oxidation sites excluding steroid dienone is 1. The van der Waals surface area contributed by atoms with E-state index < -0.39 is 0 Å². The van der Waals surface area contributed by atoms with E-state index in [0.717, 1.165) is 18.8 Å². The molecule has 1 aromatic rings. The molecule has 0 amide bonds. The van der Waals surface area contributed by atoms with E-state index in [1.54, 1.807) is 24.3 Å². The Morgan fingerprint density at radius 3 is 2.73 bits per heavy atom. The molecule has 2 heterocycles. The molecule has 0 fully saturated rings. The highest BCUT2D eigenvalue weighted by Crippen LogP contribution is 2.22. The maximum atomic E-state index is 12.4. The molecule has 22 heavy (non-hydrogen) atoms. The van der Waals surface area contributed by atoms with Crippen LogP contribution in [-0.4, -0.2) is 25.0 Å². The van der Waals surface area contributed by atoms with Crippen LogP contribution in [0.4, 0.5) is 0 Å². The van der Waals surface area contributed by atoms with E-state index in [1.807, 2.05) is 24.3 Å². The second-order valence-electron chi connectivity index (χ2n) is 5.32. The molecule has 0 spiro atoms. The molecule has 0 radical (unpaired) electrons. The summed E-state index contributed by atoms with van der Waals surface area (Å²) in [6, 6.07) is 7.00. The Kier molecular flexibility index (Phi) is 4.76. The van der Waals surface area contributed by atoms with E-state index in [2.05, 4.69) is 11.4 Å². The minimum atomic E-state index is -0.187. The Balaban J connectivity index is 1.60. The molecule has 2 aliphatic heterocycles. The Hall–Kier alpha value is -1.84. The standard InChI is InChI=1S/C18H17ClNO2/c19-15-6-3-13(4-7-15)18(21)14-5-8-16(20-12-14)9-10-17-2-1-11-22-17/h2-10,14,16H,1,11-12H2/q-1/b10-9+. The maximum absolute atomic E-state index is 12.4. The second-order valence-corrected chi connectivity index (χ2v) is 5.76. The van der Waals surface area contributed by atoms with Crippen molar-refractivity contribution in [1.82, 2.24) is 0 Å². The molecule has 2 aliphatic rings. The molecule has 0 saturated heterocycles. The first-order valence-electron chi connectivity index (χ1n) is 7.38. The lowest BCUT2D eigenvalue weighted by molar-refractivity contribution is 0.0950. The van der Waals surface area contributed by atoms with E-state index in [4.69, 9.17) is 16.3 Å². The van der Waals surface area contributed by atoms with Crippen LogP contribution in [0.15, 0.2) is 60.4 Å². The number of carbonyl (C=O) groups excluding carboxylic acids is 1. The number of nitrogens with zero attached hydrogens (tertiary/aromatic N) is 1. The molecule has 3 rings (SSSR count). The predicted molar refractivity (Wildman–Crippen MR) is 88.2 cm³/mol. The lowest BCUT2D eigenvalue weighted by Gasteiger charge is -2.34. The molecule has 0 bridgehead atoms. The summed E-state index contributed by atoms with van der Waals surface area (Å²) in [6.07, 6.45) is 10.9. The lowest BCUT2D eigenvalue weighted by atomic mass is 9.93. The van der Waals surface area contributed by atoms with Crippen LogP contribution in [0, 0.1) is 5.92 Å². The Labute approximate surface area is 135 Å². The van der Waals surface area contributed by atoms with Crippen LogP contribution in [0.25, 0.3) is 5.32 Å². The van der Waals surface area contributed by atoms with Gasteiger partial charge in [0.2, 0.25) is 0 Å². The number of benzene rings is 1. The first-order chi connectivity index (χ1) is 10.7. The molecule has 0 N–H and O–H groups in total. The van der Waals surface area contributed by atoms with Crippen molar-refractivity contribution < 1.29 is 9.53 Å². The van der Waals surface area contributed by atoms with Crippen molar-refractivity contribution in [2.75, 3.05) is 13.2 Å². The summed E-state index contributed by atoms with van der Waals surface area (Å²) in [6.45, 7) is 1.27.